The van der Waals surface area contributed by atoms with Crippen LogP contribution in [0.15, 0.2) is 18.2 Å². The topological polar surface area (TPSA) is 73.6 Å². The van der Waals surface area contributed by atoms with E-state index in [1.165, 1.54) is 6.07 Å². The number of carbonyl (C=O) groups excluding carboxylic acids is 1. The van der Waals surface area contributed by atoms with Gasteiger partial charge in [0.25, 0.3) is 0 Å². The number of rotatable bonds is 7. The number of carbonyl (C=O) groups is 1. The van der Waals surface area contributed by atoms with Crippen LogP contribution in [-0.2, 0) is 11.3 Å². The summed E-state index contributed by atoms with van der Waals surface area (Å²) < 4.78 is 34.6. The van der Waals surface area contributed by atoms with Crippen molar-refractivity contribution in [1.82, 2.24) is 5.32 Å². The maximum atomic E-state index is 12.5. The molecule has 0 radical (unpaired) electrons. The van der Waals surface area contributed by atoms with Crippen LogP contribution >= 0.6 is 0 Å². The summed E-state index contributed by atoms with van der Waals surface area (Å²) in [5.41, 5.74) is 6.50. The van der Waals surface area contributed by atoms with Crippen molar-refractivity contribution in [3.8, 4) is 11.5 Å². The quantitative estimate of drug-likeness (QED) is 0.787. The summed E-state index contributed by atoms with van der Waals surface area (Å²) in [5.74, 6) is -0.0748. The largest absolute Gasteiger partial charge is 0.490 e. The molecule has 0 saturated heterocycles. The van der Waals surface area contributed by atoms with Gasteiger partial charge in [-0.2, -0.15) is 8.78 Å². The molecule has 140 valence electrons. The standard InChI is InChI=1S/C18H26F2N2O3/c1-3-24-15-10-12(7-8-14(15)25-17(19)20)11-22-16(23)13-6-4-5-9-18(13,2)21/h7-8,10,13,17H,3-6,9,11,21H2,1-2H3,(H,22,23). The predicted molar refractivity (Wildman–Crippen MR) is 90.6 cm³/mol. The fourth-order valence-corrected chi connectivity index (χ4v) is 3.23. The third-order valence-corrected chi connectivity index (χ3v) is 4.56. The highest BCUT2D eigenvalue weighted by Gasteiger charge is 2.37. The number of nitrogens with two attached hydrogens (primary N) is 1. The highest BCUT2D eigenvalue weighted by Crippen LogP contribution is 2.32. The van der Waals surface area contributed by atoms with Crippen LogP contribution in [0.1, 0.15) is 45.1 Å². The average molecular weight is 356 g/mol. The second kappa shape index (κ2) is 8.47. The van der Waals surface area contributed by atoms with Crippen molar-refractivity contribution in [2.75, 3.05) is 6.61 Å². The fraction of sp³-hybridized carbons (Fsp3) is 0.611. The van der Waals surface area contributed by atoms with Crippen LogP contribution in [-0.4, -0.2) is 24.7 Å². The summed E-state index contributed by atoms with van der Waals surface area (Å²) in [5, 5.41) is 2.89. The molecular formula is C18H26F2N2O3. The Balaban J connectivity index is 2.02. The first-order valence-corrected chi connectivity index (χ1v) is 8.60. The maximum absolute atomic E-state index is 12.5. The van der Waals surface area contributed by atoms with Gasteiger partial charge in [0.1, 0.15) is 0 Å². The molecular weight excluding hydrogens is 330 g/mol. The Bertz CT molecular complexity index is 594. The molecule has 1 amide bonds. The summed E-state index contributed by atoms with van der Waals surface area (Å²) in [7, 11) is 0. The molecule has 1 saturated carbocycles. The molecule has 0 heterocycles. The zero-order valence-corrected chi connectivity index (χ0v) is 14.7. The third kappa shape index (κ3) is 5.29. The van der Waals surface area contributed by atoms with E-state index in [0.717, 1.165) is 31.2 Å². The maximum Gasteiger partial charge on any atom is 0.387 e. The summed E-state index contributed by atoms with van der Waals surface area (Å²) in [6.45, 7) is 1.35. The lowest BCUT2D eigenvalue weighted by Gasteiger charge is -2.37. The molecule has 2 rings (SSSR count). The van der Waals surface area contributed by atoms with Crippen LogP contribution < -0.4 is 20.5 Å². The van der Waals surface area contributed by atoms with E-state index in [1.54, 1.807) is 19.1 Å². The number of halogens is 2. The number of ether oxygens (including phenoxy) is 2. The van der Waals surface area contributed by atoms with E-state index in [9.17, 15) is 13.6 Å². The number of alkyl halides is 2. The first kappa shape index (κ1) is 19.4. The van der Waals surface area contributed by atoms with Crippen molar-refractivity contribution in [3.05, 3.63) is 23.8 Å². The van der Waals surface area contributed by atoms with Gasteiger partial charge in [0, 0.05) is 12.1 Å². The second-order valence-electron chi connectivity index (χ2n) is 6.61. The first-order valence-electron chi connectivity index (χ1n) is 8.60. The van der Waals surface area contributed by atoms with Gasteiger partial charge >= 0.3 is 6.61 Å². The van der Waals surface area contributed by atoms with Crippen LogP contribution in [0.5, 0.6) is 11.5 Å². The minimum Gasteiger partial charge on any atom is -0.490 e. The van der Waals surface area contributed by atoms with Gasteiger partial charge in [-0.3, -0.25) is 4.79 Å². The van der Waals surface area contributed by atoms with Crippen molar-refractivity contribution in [1.29, 1.82) is 0 Å². The monoisotopic (exact) mass is 356 g/mol. The van der Waals surface area contributed by atoms with Crippen LogP contribution in [0.3, 0.4) is 0 Å². The lowest BCUT2D eigenvalue weighted by atomic mass is 9.74. The molecule has 1 aliphatic rings. The van der Waals surface area contributed by atoms with Crippen molar-refractivity contribution >= 4 is 5.91 Å². The molecule has 2 atom stereocenters. The van der Waals surface area contributed by atoms with Gasteiger partial charge in [0.05, 0.1) is 12.5 Å². The molecule has 0 bridgehead atoms. The van der Waals surface area contributed by atoms with E-state index in [4.69, 9.17) is 10.5 Å². The molecule has 2 unspecified atom stereocenters. The highest BCUT2D eigenvalue weighted by atomic mass is 19.3. The van der Waals surface area contributed by atoms with E-state index in [1.807, 2.05) is 6.92 Å². The molecule has 1 aromatic rings. The van der Waals surface area contributed by atoms with Gasteiger partial charge in [-0.25, -0.2) is 0 Å². The van der Waals surface area contributed by atoms with Crippen LogP contribution in [0.4, 0.5) is 8.78 Å². The van der Waals surface area contributed by atoms with E-state index in [-0.39, 0.29) is 29.9 Å². The average Bonchev–Trinajstić information content (AvgIpc) is 2.54. The molecule has 0 aromatic heterocycles. The number of nitrogens with one attached hydrogen (secondary N) is 1. The Kier molecular flexibility index (Phi) is 6.58. The Labute approximate surface area is 146 Å². The predicted octanol–water partition coefficient (Wildman–Crippen LogP) is 3.21. The summed E-state index contributed by atoms with van der Waals surface area (Å²) in [6.07, 6.45) is 3.66. The van der Waals surface area contributed by atoms with Crippen molar-refractivity contribution in [2.24, 2.45) is 11.7 Å². The van der Waals surface area contributed by atoms with Gasteiger partial charge in [0.2, 0.25) is 5.91 Å². The Morgan fingerprint density at radius 2 is 2.16 bits per heavy atom. The molecule has 1 aliphatic carbocycles. The number of amides is 1. The highest BCUT2D eigenvalue weighted by molar-refractivity contribution is 5.80. The zero-order chi connectivity index (χ0) is 18.4. The summed E-state index contributed by atoms with van der Waals surface area (Å²) >= 11 is 0. The summed E-state index contributed by atoms with van der Waals surface area (Å²) in [6, 6.07) is 4.65. The van der Waals surface area contributed by atoms with Gasteiger partial charge in [-0.05, 0) is 44.4 Å². The van der Waals surface area contributed by atoms with E-state index < -0.39 is 12.2 Å². The SMILES string of the molecule is CCOc1cc(CNC(=O)C2CCCCC2(C)N)ccc1OC(F)F. The van der Waals surface area contributed by atoms with Crippen LogP contribution in [0, 0.1) is 5.92 Å². The fourth-order valence-electron chi connectivity index (χ4n) is 3.23. The number of hydrogen-bond acceptors (Lipinski definition) is 4. The third-order valence-electron chi connectivity index (χ3n) is 4.56. The van der Waals surface area contributed by atoms with Gasteiger partial charge < -0.3 is 20.5 Å². The smallest absolute Gasteiger partial charge is 0.387 e. The number of benzene rings is 1. The van der Waals surface area contributed by atoms with Crippen molar-refractivity contribution in [2.45, 2.75) is 58.2 Å². The zero-order valence-electron chi connectivity index (χ0n) is 14.7. The molecule has 3 N–H and O–H groups in total. The molecule has 0 spiro atoms. The van der Waals surface area contributed by atoms with Crippen molar-refractivity contribution in [3.63, 3.8) is 0 Å². The van der Waals surface area contributed by atoms with Gasteiger partial charge in [0.15, 0.2) is 11.5 Å². The van der Waals surface area contributed by atoms with Crippen LogP contribution in [0.2, 0.25) is 0 Å². The lowest BCUT2D eigenvalue weighted by molar-refractivity contribution is -0.128. The normalized spacial score (nSPS) is 23.4. The minimum atomic E-state index is -2.92. The Morgan fingerprint density at radius 1 is 1.40 bits per heavy atom. The van der Waals surface area contributed by atoms with Crippen LogP contribution in [0.25, 0.3) is 0 Å². The molecule has 5 nitrogen and oxygen atoms in total. The number of hydrogen-bond donors (Lipinski definition) is 2. The second-order valence-corrected chi connectivity index (χ2v) is 6.61. The molecule has 0 aliphatic heterocycles. The molecule has 1 fully saturated rings. The van der Waals surface area contributed by atoms with E-state index in [0.29, 0.717) is 6.61 Å². The van der Waals surface area contributed by atoms with E-state index >= 15 is 0 Å². The minimum absolute atomic E-state index is 0.0197. The Hall–Kier alpha value is -1.89. The molecule has 25 heavy (non-hydrogen) atoms. The molecule has 7 heteroatoms. The van der Waals surface area contributed by atoms with Gasteiger partial charge in [-0.15, -0.1) is 0 Å². The summed E-state index contributed by atoms with van der Waals surface area (Å²) in [4.78, 5) is 12.5. The Morgan fingerprint density at radius 3 is 2.80 bits per heavy atom. The first-order chi connectivity index (χ1) is 11.8. The van der Waals surface area contributed by atoms with Crippen molar-refractivity contribution < 1.29 is 23.0 Å². The lowest BCUT2D eigenvalue weighted by Crippen LogP contribution is -2.52. The molecule has 1 aromatic carbocycles. The van der Waals surface area contributed by atoms with E-state index in [2.05, 4.69) is 10.1 Å². The van der Waals surface area contributed by atoms with Gasteiger partial charge in [-0.1, -0.05) is 18.9 Å².